The van der Waals surface area contributed by atoms with Gasteiger partial charge in [0.2, 0.25) is 0 Å². The fraction of sp³-hybridized carbons (Fsp3) is 0.364. The molecular weight excluding hydrogens is 236 g/mol. The first kappa shape index (κ1) is 10.5. The van der Waals surface area contributed by atoms with Crippen LogP contribution >= 0.6 is 12.2 Å². The van der Waals surface area contributed by atoms with E-state index in [-0.39, 0.29) is 0 Å². The van der Waals surface area contributed by atoms with Crippen molar-refractivity contribution in [2.24, 2.45) is 0 Å². The minimum Gasteiger partial charge on any atom is -0.494 e. The molecule has 1 aliphatic carbocycles. The zero-order valence-corrected chi connectivity index (χ0v) is 10.2. The largest absolute Gasteiger partial charge is 0.494 e. The minimum atomic E-state index is 0.481. The summed E-state index contributed by atoms with van der Waals surface area (Å²) in [6.07, 6.45) is 5.74. The number of hydrogen-bond donors (Lipinski definition) is 1. The monoisotopic (exact) mass is 248 g/mol. The van der Waals surface area contributed by atoms with Crippen molar-refractivity contribution in [2.45, 2.75) is 18.9 Å². The van der Waals surface area contributed by atoms with E-state index in [9.17, 15) is 0 Å². The van der Waals surface area contributed by atoms with Crippen molar-refractivity contribution in [3.8, 4) is 17.1 Å². The third kappa shape index (κ3) is 1.74. The number of rotatable bonds is 3. The second-order valence-corrected chi connectivity index (χ2v) is 4.42. The van der Waals surface area contributed by atoms with Crippen LogP contribution in [-0.2, 0) is 0 Å². The van der Waals surface area contributed by atoms with Crippen molar-refractivity contribution in [2.75, 3.05) is 7.11 Å². The summed E-state index contributed by atoms with van der Waals surface area (Å²) in [6, 6.07) is 2.37. The van der Waals surface area contributed by atoms with Gasteiger partial charge in [0.05, 0.1) is 18.9 Å². The Kier molecular flexibility index (Phi) is 2.44. The van der Waals surface area contributed by atoms with Gasteiger partial charge in [-0.2, -0.15) is 5.10 Å². The molecule has 0 spiro atoms. The summed E-state index contributed by atoms with van der Waals surface area (Å²) < 4.78 is 8.03. The number of nitrogens with one attached hydrogen (secondary N) is 1. The van der Waals surface area contributed by atoms with Crippen molar-refractivity contribution in [3.63, 3.8) is 0 Å². The summed E-state index contributed by atoms with van der Waals surface area (Å²) in [5.41, 5.74) is 0.918. The Morgan fingerprint density at radius 2 is 2.35 bits per heavy atom. The Bertz CT molecular complexity index is 600. The van der Waals surface area contributed by atoms with Crippen molar-refractivity contribution < 1.29 is 4.74 Å². The van der Waals surface area contributed by atoms with Crippen LogP contribution in [0.5, 0.6) is 5.75 Å². The second kappa shape index (κ2) is 3.96. The highest BCUT2D eigenvalue weighted by Gasteiger charge is 2.28. The molecule has 0 radical (unpaired) electrons. The second-order valence-electron chi connectivity index (χ2n) is 4.03. The third-order valence-corrected chi connectivity index (χ3v) is 3.15. The average molecular weight is 248 g/mol. The average Bonchev–Trinajstić information content (AvgIpc) is 3.12. The van der Waals surface area contributed by atoms with E-state index in [4.69, 9.17) is 17.0 Å². The highest BCUT2D eigenvalue weighted by atomic mass is 32.1. The van der Waals surface area contributed by atoms with E-state index in [1.165, 1.54) is 0 Å². The zero-order chi connectivity index (χ0) is 11.8. The molecule has 1 fully saturated rings. The van der Waals surface area contributed by atoms with Gasteiger partial charge < -0.3 is 4.74 Å². The molecule has 2 aromatic heterocycles. The topological polar surface area (TPSA) is 55.7 Å². The van der Waals surface area contributed by atoms with Gasteiger partial charge in [0.25, 0.3) is 0 Å². The highest BCUT2D eigenvalue weighted by molar-refractivity contribution is 7.71. The first-order valence-corrected chi connectivity index (χ1v) is 5.87. The Labute approximate surface area is 103 Å². The van der Waals surface area contributed by atoms with Gasteiger partial charge in [-0.05, 0) is 31.1 Å². The van der Waals surface area contributed by atoms with Crippen molar-refractivity contribution in [3.05, 3.63) is 23.2 Å². The molecule has 2 aromatic rings. The van der Waals surface area contributed by atoms with E-state index in [2.05, 4.69) is 19.7 Å². The molecule has 1 saturated carbocycles. The van der Waals surface area contributed by atoms with Crippen LogP contribution in [-0.4, -0.2) is 26.9 Å². The standard InChI is InChI=1S/C11H12N4OS/c1-16-9-6-12-5-4-8(9)10-13-14-11(17)15(10)7-2-3-7/h4-7H,2-3H2,1H3,(H,14,17). The lowest BCUT2D eigenvalue weighted by molar-refractivity contribution is 0.414. The van der Waals surface area contributed by atoms with Gasteiger partial charge in [-0.3, -0.25) is 14.6 Å². The minimum absolute atomic E-state index is 0.481. The van der Waals surface area contributed by atoms with Gasteiger partial charge in [-0.1, -0.05) is 0 Å². The number of H-pyrrole nitrogens is 1. The van der Waals surface area contributed by atoms with Crippen molar-refractivity contribution in [1.29, 1.82) is 0 Å². The summed E-state index contributed by atoms with van der Waals surface area (Å²) in [7, 11) is 1.63. The Balaban J connectivity index is 2.18. The molecule has 0 saturated heterocycles. The van der Waals surface area contributed by atoms with Crippen LogP contribution in [0.3, 0.4) is 0 Å². The lowest BCUT2D eigenvalue weighted by atomic mass is 10.2. The van der Waals surface area contributed by atoms with Crippen molar-refractivity contribution in [1.82, 2.24) is 19.7 Å². The SMILES string of the molecule is COc1cnccc1-c1n[nH]c(=S)n1C1CC1. The smallest absolute Gasteiger partial charge is 0.195 e. The van der Waals surface area contributed by atoms with Crippen LogP contribution in [0.2, 0.25) is 0 Å². The van der Waals surface area contributed by atoms with Crippen LogP contribution in [0.25, 0.3) is 11.4 Å². The Morgan fingerprint density at radius 3 is 3.06 bits per heavy atom. The molecule has 0 unspecified atom stereocenters. The summed E-state index contributed by atoms with van der Waals surface area (Å²) in [4.78, 5) is 4.04. The molecule has 0 bridgehead atoms. The normalized spacial score (nSPS) is 14.9. The van der Waals surface area contributed by atoms with Crippen LogP contribution in [0.15, 0.2) is 18.5 Å². The Hall–Kier alpha value is -1.69. The number of aromatic amines is 1. The van der Waals surface area contributed by atoms with E-state index < -0.39 is 0 Å². The summed E-state index contributed by atoms with van der Waals surface area (Å²) in [6.45, 7) is 0. The molecule has 2 heterocycles. The first-order chi connectivity index (χ1) is 8.31. The van der Waals surface area contributed by atoms with Gasteiger partial charge in [-0.15, -0.1) is 0 Å². The van der Waals surface area contributed by atoms with Gasteiger partial charge in [0.1, 0.15) is 5.75 Å². The maximum atomic E-state index is 5.30. The molecule has 0 atom stereocenters. The molecule has 5 nitrogen and oxygen atoms in total. The molecule has 3 rings (SSSR count). The molecule has 6 heteroatoms. The number of methoxy groups -OCH3 is 1. The van der Waals surface area contributed by atoms with E-state index in [0.29, 0.717) is 16.6 Å². The van der Waals surface area contributed by atoms with E-state index >= 15 is 0 Å². The number of ether oxygens (including phenoxy) is 1. The molecule has 0 aliphatic heterocycles. The first-order valence-electron chi connectivity index (χ1n) is 5.46. The number of pyridine rings is 1. The number of aromatic nitrogens is 4. The molecule has 0 aromatic carbocycles. The zero-order valence-electron chi connectivity index (χ0n) is 9.38. The van der Waals surface area contributed by atoms with Gasteiger partial charge in [0, 0.05) is 12.2 Å². The molecule has 1 N–H and O–H groups in total. The quantitative estimate of drug-likeness (QED) is 0.847. The highest BCUT2D eigenvalue weighted by Crippen LogP contribution is 2.39. The maximum Gasteiger partial charge on any atom is 0.195 e. The Morgan fingerprint density at radius 1 is 1.53 bits per heavy atom. The predicted octanol–water partition coefficient (Wildman–Crippen LogP) is 2.35. The summed E-state index contributed by atoms with van der Waals surface area (Å²) in [5, 5.41) is 7.14. The molecular formula is C11H12N4OS. The van der Waals surface area contributed by atoms with E-state index in [1.807, 2.05) is 6.07 Å². The lowest BCUT2D eigenvalue weighted by Crippen LogP contribution is -1.99. The van der Waals surface area contributed by atoms with Gasteiger partial charge in [-0.25, -0.2) is 0 Å². The lowest BCUT2D eigenvalue weighted by Gasteiger charge is -2.08. The van der Waals surface area contributed by atoms with E-state index in [1.54, 1.807) is 19.5 Å². The molecule has 0 amide bonds. The predicted molar refractivity (Wildman–Crippen MR) is 65.5 cm³/mol. The van der Waals surface area contributed by atoms with Crippen LogP contribution in [0, 0.1) is 4.77 Å². The fourth-order valence-electron chi connectivity index (χ4n) is 1.89. The van der Waals surface area contributed by atoms with Crippen LogP contribution in [0.4, 0.5) is 0 Å². The van der Waals surface area contributed by atoms with Crippen molar-refractivity contribution >= 4 is 12.2 Å². The molecule has 17 heavy (non-hydrogen) atoms. The van der Waals surface area contributed by atoms with Crippen LogP contribution in [0.1, 0.15) is 18.9 Å². The van der Waals surface area contributed by atoms with Gasteiger partial charge in [0.15, 0.2) is 10.6 Å². The van der Waals surface area contributed by atoms with Gasteiger partial charge >= 0.3 is 0 Å². The molecule has 88 valence electrons. The summed E-state index contributed by atoms with van der Waals surface area (Å²) >= 11 is 5.26. The van der Waals surface area contributed by atoms with E-state index in [0.717, 1.165) is 24.2 Å². The molecule has 1 aliphatic rings. The maximum absolute atomic E-state index is 5.30. The number of hydrogen-bond acceptors (Lipinski definition) is 4. The van der Waals surface area contributed by atoms with Crippen LogP contribution < -0.4 is 4.74 Å². The fourth-order valence-corrected chi connectivity index (χ4v) is 2.17. The third-order valence-electron chi connectivity index (χ3n) is 2.86. The number of nitrogens with zero attached hydrogens (tertiary/aromatic N) is 3. The summed E-state index contributed by atoms with van der Waals surface area (Å²) in [5.74, 6) is 1.54.